The van der Waals surface area contributed by atoms with Crippen LogP contribution in [-0.2, 0) is 6.42 Å². The Labute approximate surface area is 177 Å². The summed E-state index contributed by atoms with van der Waals surface area (Å²) in [6, 6.07) is 9.34. The van der Waals surface area contributed by atoms with Crippen molar-refractivity contribution in [2.24, 2.45) is 0 Å². The maximum atomic E-state index is 12.5. The monoisotopic (exact) mass is 416 g/mol. The zero-order chi connectivity index (χ0) is 20.5. The molecule has 7 heteroatoms. The van der Waals surface area contributed by atoms with Crippen molar-refractivity contribution in [3.05, 3.63) is 53.3 Å². The predicted molar refractivity (Wildman–Crippen MR) is 117 cm³/mol. The van der Waals surface area contributed by atoms with Crippen molar-refractivity contribution >= 4 is 23.3 Å². The smallest absolute Gasteiger partial charge is 0.319 e. The first-order valence-corrected chi connectivity index (χ1v) is 10.6. The predicted octanol–water partition coefficient (Wildman–Crippen LogP) is 4.35. The number of hydrogen-bond donors (Lipinski definition) is 2. The van der Waals surface area contributed by atoms with E-state index in [-0.39, 0.29) is 12.1 Å². The van der Waals surface area contributed by atoms with Crippen molar-refractivity contribution in [3.63, 3.8) is 0 Å². The van der Waals surface area contributed by atoms with E-state index in [0.29, 0.717) is 23.1 Å². The fourth-order valence-electron chi connectivity index (χ4n) is 3.42. The molecule has 0 saturated carbocycles. The van der Waals surface area contributed by atoms with Crippen LogP contribution < -0.4 is 15.4 Å². The minimum atomic E-state index is -0.219. The number of anilines is 1. The number of benzene rings is 1. The van der Waals surface area contributed by atoms with Gasteiger partial charge in [-0.25, -0.2) is 4.79 Å². The topological polar surface area (TPSA) is 66.5 Å². The highest BCUT2D eigenvalue weighted by molar-refractivity contribution is 6.31. The normalized spacial score (nSPS) is 15.1. The summed E-state index contributed by atoms with van der Waals surface area (Å²) in [5.41, 5.74) is 1.90. The third-order valence-electron chi connectivity index (χ3n) is 5.04. The number of amides is 2. The summed E-state index contributed by atoms with van der Waals surface area (Å²) in [6.07, 6.45) is 7.48. The molecule has 29 heavy (non-hydrogen) atoms. The van der Waals surface area contributed by atoms with Gasteiger partial charge in [0.2, 0.25) is 0 Å². The molecule has 0 bridgehead atoms. The van der Waals surface area contributed by atoms with E-state index >= 15 is 0 Å². The molecule has 2 amide bonds. The lowest BCUT2D eigenvalue weighted by atomic mass is 10.0. The molecule has 0 spiro atoms. The van der Waals surface area contributed by atoms with Crippen LogP contribution in [0.4, 0.5) is 10.5 Å². The molecule has 156 valence electrons. The summed E-state index contributed by atoms with van der Waals surface area (Å²) >= 11 is 6.08. The molecule has 2 heterocycles. The van der Waals surface area contributed by atoms with Crippen LogP contribution in [0.15, 0.2) is 42.7 Å². The maximum absolute atomic E-state index is 12.5. The molecule has 2 N–H and O–H groups in total. The molecule has 0 unspecified atom stereocenters. The van der Waals surface area contributed by atoms with Crippen LogP contribution >= 0.6 is 11.6 Å². The highest BCUT2D eigenvalue weighted by atomic mass is 35.5. The van der Waals surface area contributed by atoms with Crippen molar-refractivity contribution in [3.8, 4) is 5.75 Å². The fourth-order valence-corrected chi connectivity index (χ4v) is 3.59. The first-order chi connectivity index (χ1) is 14.1. The third-order valence-corrected chi connectivity index (χ3v) is 5.28. The molecule has 1 aromatic carbocycles. The van der Waals surface area contributed by atoms with Crippen molar-refractivity contribution in [1.29, 1.82) is 0 Å². The molecule has 0 radical (unpaired) electrons. The average Bonchev–Trinajstić information content (AvgIpc) is 2.73. The fraction of sp³-hybridized carbons (Fsp3) is 0.455. The van der Waals surface area contributed by atoms with Gasteiger partial charge in [0.1, 0.15) is 5.75 Å². The number of hydrogen-bond acceptors (Lipinski definition) is 4. The van der Waals surface area contributed by atoms with E-state index in [4.69, 9.17) is 16.3 Å². The summed E-state index contributed by atoms with van der Waals surface area (Å²) in [4.78, 5) is 19.0. The SMILES string of the molecule is CCCOc1ccc(Cl)cc1NC(=O)NC1CCN(CCc2ccncc2)CC1. The first kappa shape index (κ1) is 21.4. The Balaban J connectivity index is 1.43. The van der Waals surface area contributed by atoms with E-state index in [1.54, 1.807) is 18.2 Å². The first-order valence-electron chi connectivity index (χ1n) is 10.2. The van der Waals surface area contributed by atoms with Gasteiger partial charge in [-0.05, 0) is 61.6 Å². The Morgan fingerprint density at radius 2 is 2.00 bits per heavy atom. The number of urea groups is 1. The molecule has 3 rings (SSSR count). The molecule has 1 fully saturated rings. The van der Waals surface area contributed by atoms with E-state index in [1.165, 1.54) is 5.56 Å². The zero-order valence-electron chi connectivity index (χ0n) is 16.9. The number of nitrogens with one attached hydrogen (secondary N) is 2. The van der Waals surface area contributed by atoms with E-state index in [0.717, 1.165) is 45.3 Å². The Bertz CT molecular complexity index is 780. The van der Waals surface area contributed by atoms with Gasteiger partial charge in [-0.2, -0.15) is 0 Å². The lowest BCUT2D eigenvalue weighted by Crippen LogP contribution is -2.46. The van der Waals surface area contributed by atoms with Gasteiger partial charge in [0.05, 0.1) is 12.3 Å². The molecule has 1 aromatic heterocycles. The summed E-state index contributed by atoms with van der Waals surface area (Å²) < 4.78 is 5.70. The highest BCUT2D eigenvalue weighted by Gasteiger charge is 2.21. The van der Waals surface area contributed by atoms with Crippen LogP contribution in [0.25, 0.3) is 0 Å². The number of nitrogens with zero attached hydrogens (tertiary/aromatic N) is 2. The molecular formula is C22H29ClN4O2. The minimum absolute atomic E-state index is 0.173. The van der Waals surface area contributed by atoms with E-state index < -0.39 is 0 Å². The lowest BCUT2D eigenvalue weighted by Gasteiger charge is -2.32. The van der Waals surface area contributed by atoms with Crippen LogP contribution in [0, 0.1) is 0 Å². The van der Waals surface area contributed by atoms with E-state index in [9.17, 15) is 4.79 Å². The molecule has 2 aromatic rings. The number of pyridine rings is 1. The van der Waals surface area contributed by atoms with Gasteiger partial charge in [-0.1, -0.05) is 18.5 Å². The number of carbonyl (C=O) groups excluding carboxylic acids is 1. The second-order valence-corrected chi connectivity index (χ2v) is 7.75. The Morgan fingerprint density at radius 1 is 1.24 bits per heavy atom. The summed E-state index contributed by atoms with van der Waals surface area (Å²) in [7, 11) is 0. The number of piperidine rings is 1. The molecule has 1 aliphatic rings. The molecule has 0 atom stereocenters. The van der Waals surface area contributed by atoms with Gasteiger partial charge in [0.15, 0.2) is 0 Å². The summed E-state index contributed by atoms with van der Waals surface area (Å²) in [5.74, 6) is 0.636. The highest BCUT2D eigenvalue weighted by Crippen LogP contribution is 2.28. The number of rotatable bonds is 8. The van der Waals surface area contributed by atoms with Gasteiger partial charge >= 0.3 is 6.03 Å². The summed E-state index contributed by atoms with van der Waals surface area (Å²) in [5, 5.41) is 6.53. The number of likely N-dealkylation sites (tertiary alicyclic amines) is 1. The average molecular weight is 417 g/mol. The van der Waals surface area contributed by atoms with E-state index in [1.807, 2.05) is 19.3 Å². The summed E-state index contributed by atoms with van der Waals surface area (Å²) in [6.45, 7) is 5.63. The van der Waals surface area contributed by atoms with Gasteiger partial charge in [-0.15, -0.1) is 0 Å². The van der Waals surface area contributed by atoms with Gasteiger partial charge in [0.25, 0.3) is 0 Å². The quantitative estimate of drug-likeness (QED) is 0.671. The number of ether oxygens (including phenoxy) is 1. The van der Waals surface area contributed by atoms with Crippen LogP contribution in [0.3, 0.4) is 0 Å². The molecule has 6 nitrogen and oxygen atoms in total. The van der Waals surface area contributed by atoms with Gasteiger partial charge in [-0.3, -0.25) is 4.98 Å². The van der Waals surface area contributed by atoms with Crippen molar-refractivity contribution in [1.82, 2.24) is 15.2 Å². The van der Waals surface area contributed by atoms with Crippen molar-refractivity contribution in [2.45, 2.75) is 38.6 Å². The molecular weight excluding hydrogens is 388 g/mol. The van der Waals surface area contributed by atoms with Crippen LogP contribution in [0.5, 0.6) is 5.75 Å². The third kappa shape index (κ3) is 6.91. The largest absolute Gasteiger partial charge is 0.491 e. The van der Waals surface area contributed by atoms with Crippen molar-refractivity contribution in [2.75, 3.05) is 31.6 Å². The number of carbonyl (C=O) groups is 1. The minimum Gasteiger partial charge on any atom is -0.491 e. The number of halogens is 1. The van der Waals surface area contributed by atoms with E-state index in [2.05, 4.69) is 32.7 Å². The standard InChI is InChI=1S/C22H29ClN4O2/c1-2-15-29-21-4-3-18(23)16-20(21)26-22(28)25-19-8-13-27(14-9-19)12-7-17-5-10-24-11-6-17/h3-6,10-11,16,19H,2,7-9,12-15H2,1H3,(H2,25,26,28). The molecule has 1 saturated heterocycles. The lowest BCUT2D eigenvalue weighted by molar-refractivity contribution is 0.197. The maximum Gasteiger partial charge on any atom is 0.319 e. The van der Waals surface area contributed by atoms with Crippen LogP contribution in [0.2, 0.25) is 5.02 Å². The van der Waals surface area contributed by atoms with Crippen LogP contribution in [0.1, 0.15) is 31.7 Å². The van der Waals surface area contributed by atoms with Crippen molar-refractivity contribution < 1.29 is 9.53 Å². The Morgan fingerprint density at radius 3 is 2.72 bits per heavy atom. The zero-order valence-corrected chi connectivity index (χ0v) is 17.6. The van der Waals surface area contributed by atoms with Gasteiger partial charge < -0.3 is 20.3 Å². The Hall–Kier alpha value is -2.31. The number of aromatic nitrogens is 1. The molecule has 1 aliphatic heterocycles. The second-order valence-electron chi connectivity index (χ2n) is 7.31. The van der Waals surface area contributed by atoms with Crippen LogP contribution in [-0.4, -0.2) is 48.2 Å². The Kier molecular flexibility index (Phi) is 8.14. The molecule has 0 aliphatic carbocycles. The second kappa shape index (κ2) is 11.0. The van der Waals surface area contributed by atoms with Gasteiger partial charge in [0, 0.05) is 43.1 Å².